The topological polar surface area (TPSA) is 49.4 Å². The molecule has 0 spiro atoms. The number of carbonyl (C=O) groups is 2. The summed E-state index contributed by atoms with van der Waals surface area (Å²) in [6.45, 7) is 4.24. The van der Waals surface area contributed by atoms with Crippen LogP contribution in [0.5, 0.6) is 0 Å². The molecule has 0 saturated heterocycles. The number of nitrogens with zero attached hydrogens (tertiary/aromatic N) is 1. The molecule has 0 fully saturated rings. The van der Waals surface area contributed by atoms with Gasteiger partial charge < -0.3 is 10.2 Å². The second kappa shape index (κ2) is 8.53. The summed E-state index contributed by atoms with van der Waals surface area (Å²) in [6, 6.07) is 24.0. The average molecular weight is 372 g/mol. The van der Waals surface area contributed by atoms with E-state index in [0.717, 1.165) is 5.69 Å². The maximum Gasteiger partial charge on any atom is 0.258 e. The number of anilines is 2. The van der Waals surface area contributed by atoms with Gasteiger partial charge in [-0.25, -0.2) is 0 Å². The molecule has 0 aliphatic rings. The van der Waals surface area contributed by atoms with Crippen LogP contribution in [0.25, 0.3) is 0 Å². The molecule has 0 atom stereocenters. The molecule has 4 nitrogen and oxygen atoms in total. The minimum absolute atomic E-state index is 0.103. The third-order valence-electron chi connectivity index (χ3n) is 4.68. The fourth-order valence-electron chi connectivity index (χ4n) is 2.88. The third-order valence-corrected chi connectivity index (χ3v) is 4.68. The summed E-state index contributed by atoms with van der Waals surface area (Å²) < 4.78 is 0. The van der Waals surface area contributed by atoms with Gasteiger partial charge in [-0.05, 0) is 60.0 Å². The molecule has 3 aromatic rings. The van der Waals surface area contributed by atoms with E-state index in [1.54, 1.807) is 36.2 Å². The van der Waals surface area contributed by atoms with Crippen molar-refractivity contribution in [2.24, 2.45) is 0 Å². The Labute approximate surface area is 165 Å². The van der Waals surface area contributed by atoms with Gasteiger partial charge in [-0.2, -0.15) is 0 Å². The Balaban J connectivity index is 1.67. The largest absolute Gasteiger partial charge is 0.322 e. The molecular formula is C24H24N2O2. The minimum atomic E-state index is -0.171. The summed E-state index contributed by atoms with van der Waals surface area (Å²) in [5.74, 6) is 0.153. The van der Waals surface area contributed by atoms with Gasteiger partial charge in [-0.15, -0.1) is 0 Å². The maximum atomic E-state index is 12.6. The number of hydrogen-bond acceptors (Lipinski definition) is 2. The lowest BCUT2D eigenvalue weighted by Crippen LogP contribution is -2.26. The van der Waals surface area contributed by atoms with E-state index < -0.39 is 0 Å². The van der Waals surface area contributed by atoms with Crippen molar-refractivity contribution in [1.29, 1.82) is 0 Å². The van der Waals surface area contributed by atoms with Crippen LogP contribution in [0.3, 0.4) is 0 Å². The van der Waals surface area contributed by atoms with Gasteiger partial charge in [-0.3, -0.25) is 9.59 Å². The normalized spacial score (nSPS) is 10.6. The van der Waals surface area contributed by atoms with Gasteiger partial charge in [0.15, 0.2) is 0 Å². The zero-order chi connectivity index (χ0) is 20.1. The predicted molar refractivity (Wildman–Crippen MR) is 114 cm³/mol. The summed E-state index contributed by atoms with van der Waals surface area (Å²) in [6.07, 6.45) is 0. The monoisotopic (exact) mass is 372 g/mol. The Morgan fingerprint density at radius 2 is 1.36 bits per heavy atom. The maximum absolute atomic E-state index is 12.6. The van der Waals surface area contributed by atoms with Crippen LogP contribution in [-0.4, -0.2) is 18.9 Å². The van der Waals surface area contributed by atoms with Gasteiger partial charge in [0.2, 0.25) is 0 Å². The van der Waals surface area contributed by atoms with E-state index in [1.165, 1.54) is 5.56 Å². The predicted octanol–water partition coefficient (Wildman–Crippen LogP) is 5.34. The molecule has 3 aromatic carbocycles. The lowest BCUT2D eigenvalue weighted by Gasteiger charge is -2.17. The Bertz CT molecular complexity index is 946. The number of amides is 2. The van der Waals surface area contributed by atoms with Crippen molar-refractivity contribution in [3.63, 3.8) is 0 Å². The average Bonchev–Trinajstić information content (AvgIpc) is 2.74. The second-order valence-corrected chi connectivity index (χ2v) is 7.01. The molecule has 0 saturated carbocycles. The van der Waals surface area contributed by atoms with Gasteiger partial charge in [-0.1, -0.05) is 44.2 Å². The van der Waals surface area contributed by atoms with E-state index in [1.807, 2.05) is 54.6 Å². The van der Waals surface area contributed by atoms with Gasteiger partial charge in [0, 0.05) is 29.5 Å². The third kappa shape index (κ3) is 4.46. The number of hydrogen-bond donors (Lipinski definition) is 1. The second-order valence-electron chi connectivity index (χ2n) is 7.01. The molecule has 0 aliphatic carbocycles. The van der Waals surface area contributed by atoms with E-state index in [0.29, 0.717) is 22.7 Å². The van der Waals surface area contributed by atoms with Crippen molar-refractivity contribution in [3.05, 3.63) is 95.6 Å². The summed E-state index contributed by atoms with van der Waals surface area (Å²) in [5.41, 5.74) is 3.84. The standard InChI is InChI=1S/C24H24N2O2/c1-17(2)18-9-11-19(12-10-18)23(27)25-21-15-13-20(14-16-21)24(28)26(3)22-7-5-4-6-8-22/h4-17H,1-3H3,(H,25,27). The summed E-state index contributed by atoms with van der Waals surface area (Å²) in [5, 5.41) is 2.87. The zero-order valence-electron chi connectivity index (χ0n) is 16.3. The fraction of sp³-hybridized carbons (Fsp3) is 0.167. The van der Waals surface area contributed by atoms with E-state index in [4.69, 9.17) is 0 Å². The first-order valence-electron chi connectivity index (χ1n) is 9.30. The molecule has 28 heavy (non-hydrogen) atoms. The quantitative estimate of drug-likeness (QED) is 0.657. The molecule has 0 radical (unpaired) electrons. The number of nitrogens with one attached hydrogen (secondary N) is 1. The molecule has 142 valence electrons. The van der Waals surface area contributed by atoms with Crippen LogP contribution in [0.4, 0.5) is 11.4 Å². The van der Waals surface area contributed by atoms with Gasteiger partial charge in [0.1, 0.15) is 0 Å². The Morgan fingerprint density at radius 1 is 0.786 bits per heavy atom. The van der Waals surface area contributed by atoms with Crippen molar-refractivity contribution in [3.8, 4) is 0 Å². The lowest BCUT2D eigenvalue weighted by atomic mass is 10.0. The first-order valence-corrected chi connectivity index (χ1v) is 9.30. The van der Waals surface area contributed by atoms with Crippen molar-refractivity contribution in [2.75, 3.05) is 17.3 Å². The molecule has 0 bridgehead atoms. The Hall–Kier alpha value is -3.40. The van der Waals surface area contributed by atoms with E-state index in [9.17, 15) is 9.59 Å². The molecule has 3 rings (SSSR count). The highest BCUT2D eigenvalue weighted by molar-refractivity contribution is 6.07. The number of carbonyl (C=O) groups excluding carboxylic acids is 2. The minimum Gasteiger partial charge on any atom is -0.322 e. The SMILES string of the molecule is CC(C)c1ccc(C(=O)Nc2ccc(C(=O)N(C)c3ccccc3)cc2)cc1. The molecule has 1 N–H and O–H groups in total. The molecule has 0 aliphatic heterocycles. The van der Waals surface area contributed by atoms with Crippen molar-refractivity contribution >= 4 is 23.2 Å². The van der Waals surface area contributed by atoms with Crippen LogP contribution in [-0.2, 0) is 0 Å². The Morgan fingerprint density at radius 3 is 1.93 bits per heavy atom. The van der Waals surface area contributed by atoms with Gasteiger partial charge in [0.25, 0.3) is 11.8 Å². The van der Waals surface area contributed by atoms with Gasteiger partial charge >= 0.3 is 0 Å². The molecule has 0 unspecified atom stereocenters. The molecular weight excluding hydrogens is 348 g/mol. The fourth-order valence-corrected chi connectivity index (χ4v) is 2.88. The lowest BCUT2D eigenvalue weighted by molar-refractivity contribution is 0.0991. The first kappa shape index (κ1) is 19.4. The van der Waals surface area contributed by atoms with Crippen molar-refractivity contribution < 1.29 is 9.59 Å². The van der Waals surface area contributed by atoms with Crippen LogP contribution >= 0.6 is 0 Å². The van der Waals surface area contributed by atoms with E-state index in [-0.39, 0.29) is 11.8 Å². The molecule has 4 heteroatoms. The van der Waals surface area contributed by atoms with Gasteiger partial charge in [0.05, 0.1) is 0 Å². The number of benzene rings is 3. The van der Waals surface area contributed by atoms with Crippen LogP contribution in [0.2, 0.25) is 0 Å². The van der Waals surface area contributed by atoms with E-state index >= 15 is 0 Å². The zero-order valence-corrected chi connectivity index (χ0v) is 16.3. The summed E-state index contributed by atoms with van der Waals surface area (Å²) in [7, 11) is 1.74. The highest BCUT2D eigenvalue weighted by Gasteiger charge is 2.13. The molecule has 2 amide bonds. The smallest absolute Gasteiger partial charge is 0.258 e. The highest BCUT2D eigenvalue weighted by atomic mass is 16.2. The number of para-hydroxylation sites is 1. The van der Waals surface area contributed by atoms with Crippen LogP contribution in [0, 0.1) is 0 Å². The molecule has 0 aromatic heterocycles. The van der Waals surface area contributed by atoms with Crippen LogP contribution in [0.15, 0.2) is 78.9 Å². The molecule has 0 heterocycles. The first-order chi connectivity index (χ1) is 13.5. The summed E-state index contributed by atoms with van der Waals surface area (Å²) in [4.78, 5) is 26.6. The Kier molecular flexibility index (Phi) is 5.90. The van der Waals surface area contributed by atoms with Crippen molar-refractivity contribution in [2.45, 2.75) is 19.8 Å². The van der Waals surface area contributed by atoms with E-state index in [2.05, 4.69) is 19.2 Å². The number of rotatable bonds is 5. The van der Waals surface area contributed by atoms with Crippen LogP contribution in [0.1, 0.15) is 46.0 Å². The highest BCUT2D eigenvalue weighted by Crippen LogP contribution is 2.18. The summed E-state index contributed by atoms with van der Waals surface area (Å²) >= 11 is 0. The van der Waals surface area contributed by atoms with Crippen molar-refractivity contribution in [1.82, 2.24) is 0 Å². The van der Waals surface area contributed by atoms with Crippen LogP contribution < -0.4 is 10.2 Å².